The summed E-state index contributed by atoms with van der Waals surface area (Å²) < 4.78 is 40.7. The molecule has 9 heteroatoms. The van der Waals surface area contributed by atoms with Gasteiger partial charge in [-0.3, -0.25) is 4.79 Å². The van der Waals surface area contributed by atoms with E-state index in [-0.39, 0.29) is 21.8 Å². The van der Waals surface area contributed by atoms with Crippen LogP contribution in [-0.4, -0.2) is 33.2 Å². The van der Waals surface area contributed by atoms with Crippen molar-refractivity contribution in [1.29, 1.82) is 0 Å². The molecule has 132 valence electrons. The van der Waals surface area contributed by atoms with Crippen LogP contribution in [0.5, 0.6) is 0 Å². The number of esters is 1. The summed E-state index contributed by atoms with van der Waals surface area (Å²) in [7, 11) is -3.41. The number of hydrogen-bond donors (Lipinski definition) is 2. The molecule has 2 aromatic rings. The number of sulfone groups is 1. The number of nitrogens with two attached hydrogens (primary N) is 1. The van der Waals surface area contributed by atoms with E-state index in [1.807, 2.05) is 0 Å². The summed E-state index contributed by atoms with van der Waals surface area (Å²) >= 11 is 0. The van der Waals surface area contributed by atoms with Gasteiger partial charge >= 0.3 is 5.97 Å². The van der Waals surface area contributed by atoms with Crippen molar-refractivity contribution in [2.24, 2.45) is 0 Å². The molecule has 3 N–H and O–H groups in total. The Hall–Kier alpha value is -2.94. The highest BCUT2D eigenvalue weighted by molar-refractivity contribution is 7.90. The number of halogens is 1. The van der Waals surface area contributed by atoms with E-state index in [9.17, 15) is 22.4 Å². The minimum atomic E-state index is -3.41. The molecule has 25 heavy (non-hydrogen) atoms. The molecule has 0 fully saturated rings. The number of anilines is 2. The van der Waals surface area contributed by atoms with Gasteiger partial charge < -0.3 is 15.8 Å². The van der Waals surface area contributed by atoms with E-state index in [1.165, 1.54) is 24.3 Å². The molecule has 1 amide bonds. The van der Waals surface area contributed by atoms with Crippen molar-refractivity contribution in [1.82, 2.24) is 0 Å². The van der Waals surface area contributed by atoms with E-state index in [0.29, 0.717) is 0 Å². The smallest absolute Gasteiger partial charge is 0.340 e. The van der Waals surface area contributed by atoms with Crippen molar-refractivity contribution < 1.29 is 27.1 Å². The molecule has 2 rings (SSSR count). The monoisotopic (exact) mass is 366 g/mol. The number of carbonyl (C=O) groups excluding carboxylic acids is 2. The van der Waals surface area contributed by atoms with Gasteiger partial charge in [-0.2, -0.15) is 0 Å². The number of ether oxygens (including phenoxy) is 1. The Kier molecular flexibility index (Phi) is 5.38. The average molecular weight is 366 g/mol. The van der Waals surface area contributed by atoms with Crippen LogP contribution in [0.4, 0.5) is 15.8 Å². The first-order valence-electron chi connectivity index (χ1n) is 6.99. The maximum absolute atomic E-state index is 12.9. The predicted molar refractivity (Wildman–Crippen MR) is 89.3 cm³/mol. The van der Waals surface area contributed by atoms with Crippen molar-refractivity contribution in [2.75, 3.05) is 23.9 Å². The van der Waals surface area contributed by atoms with Crippen molar-refractivity contribution in [3.8, 4) is 0 Å². The van der Waals surface area contributed by atoms with Crippen LogP contribution >= 0.6 is 0 Å². The zero-order chi connectivity index (χ0) is 18.6. The first-order valence-corrected chi connectivity index (χ1v) is 8.88. The summed E-state index contributed by atoms with van der Waals surface area (Å²) in [6, 6.07) is 8.80. The quantitative estimate of drug-likeness (QED) is 0.613. The Morgan fingerprint density at radius 3 is 2.56 bits per heavy atom. The molecule has 0 spiro atoms. The summed E-state index contributed by atoms with van der Waals surface area (Å²) in [6.45, 7) is -0.612. The molecular weight excluding hydrogens is 351 g/mol. The number of carbonyl (C=O) groups is 2. The molecule has 7 nitrogen and oxygen atoms in total. The van der Waals surface area contributed by atoms with Gasteiger partial charge in [-0.05, 0) is 36.4 Å². The lowest BCUT2D eigenvalue weighted by Crippen LogP contribution is -2.21. The van der Waals surface area contributed by atoms with Crippen molar-refractivity contribution in [3.05, 3.63) is 53.8 Å². The van der Waals surface area contributed by atoms with Crippen LogP contribution in [0.2, 0.25) is 0 Å². The Balaban J connectivity index is 1.98. The van der Waals surface area contributed by atoms with Crippen molar-refractivity contribution in [3.63, 3.8) is 0 Å². The summed E-state index contributed by atoms with van der Waals surface area (Å²) in [6.07, 6.45) is 1.04. The maximum Gasteiger partial charge on any atom is 0.340 e. The van der Waals surface area contributed by atoms with E-state index in [2.05, 4.69) is 5.32 Å². The fraction of sp³-hybridized carbons (Fsp3) is 0.125. The minimum Gasteiger partial charge on any atom is -0.452 e. The lowest BCUT2D eigenvalue weighted by Gasteiger charge is -2.09. The molecule has 0 unspecified atom stereocenters. The van der Waals surface area contributed by atoms with Gasteiger partial charge in [0, 0.05) is 17.6 Å². The zero-order valence-electron chi connectivity index (χ0n) is 13.2. The zero-order valence-corrected chi connectivity index (χ0v) is 14.0. The van der Waals surface area contributed by atoms with Gasteiger partial charge in [0.1, 0.15) is 5.82 Å². The van der Waals surface area contributed by atoms with Gasteiger partial charge in [-0.15, -0.1) is 0 Å². The van der Waals surface area contributed by atoms with E-state index >= 15 is 0 Å². The highest BCUT2D eigenvalue weighted by Gasteiger charge is 2.14. The molecule has 0 saturated heterocycles. The Labute approximate surface area is 143 Å². The third kappa shape index (κ3) is 5.01. The van der Waals surface area contributed by atoms with Crippen molar-refractivity contribution in [2.45, 2.75) is 4.90 Å². The second-order valence-corrected chi connectivity index (χ2v) is 7.17. The lowest BCUT2D eigenvalue weighted by molar-refractivity contribution is -0.119. The van der Waals surface area contributed by atoms with Crippen LogP contribution in [0.3, 0.4) is 0 Å². The van der Waals surface area contributed by atoms with Crippen LogP contribution in [0.1, 0.15) is 10.4 Å². The third-order valence-electron chi connectivity index (χ3n) is 3.11. The third-order valence-corrected chi connectivity index (χ3v) is 4.22. The van der Waals surface area contributed by atoms with Crippen LogP contribution in [0.25, 0.3) is 0 Å². The number of rotatable bonds is 5. The molecule has 0 aromatic heterocycles. The van der Waals surface area contributed by atoms with Gasteiger partial charge in [0.25, 0.3) is 5.91 Å². The summed E-state index contributed by atoms with van der Waals surface area (Å²) in [5, 5.41) is 2.41. The highest BCUT2D eigenvalue weighted by atomic mass is 32.2. The van der Waals surface area contributed by atoms with E-state index in [1.54, 1.807) is 0 Å². The second kappa shape index (κ2) is 7.31. The highest BCUT2D eigenvalue weighted by Crippen LogP contribution is 2.16. The Morgan fingerprint density at radius 2 is 1.92 bits per heavy atom. The molecular formula is C16H15FN2O5S. The number of nitrogens with one attached hydrogen (secondary N) is 1. The number of nitrogen functional groups attached to an aromatic ring is 1. The predicted octanol–water partition coefficient (Wildman–Crippen LogP) is 1.61. The van der Waals surface area contributed by atoms with Gasteiger partial charge in [0.2, 0.25) is 0 Å². The van der Waals surface area contributed by atoms with Gasteiger partial charge in [0.05, 0.1) is 10.5 Å². The Morgan fingerprint density at radius 1 is 1.20 bits per heavy atom. The molecule has 0 aliphatic heterocycles. The molecule has 0 radical (unpaired) electrons. The standard InChI is InChI=1S/C16H15FN2O5S/c1-25(22,23)12-4-2-3-11(8-12)19-15(20)9-24-16(21)13-6-5-10(17)7-14(13)18/h2-8H,9,18H2,1H3,(H,19,20). The molecule has 2 aromatic carbocycles. The topological polar surface area (TPSA) is 116 Å². The van der Waals surface area contributed by atoms with Gasteiger partial charge in [-0.1, -0.05) is 6.07 Å². The summed E-state index contributed by atoms with van der Waals surface area (Å²) in [4.78, 5) is 23.7. The maximum atomic E-state index is 12.9. The second-order valence-electron chi connectivity index (χ2n) is 5.16. The fourth-order valence-corrected chi connectivity index (χ4v) is 2.60. The summed E-state index contributed by atoms with van der Waals surface area (Å²) in [5.74, 6) is -2.14. The molecule has 0 aliphatic carbocycles. The van der Waals surface area contributed by atoms with Crippen LogP contribution < -0.4 is 11.1 Å². The number of benzene rings is 2. The first-order chi connectivity index (χ1) is 11.7. The molecule has 0 aliphatic rings. The average Bonchev–Trinajstić information content (AvgIpc) is 2.52. The molecule has 0 heterocycles. The molecule has 0 atom stereocenters. The van der Waals surface area contributed by atoms with E-state index in [4.69, 9.17) is 10.5 Å². The van der Waals surface area contributed by atoms with E-state index < -0.39 is 34.1 Å². The number of amides is 1. The normalized spacial score (nSPS) is 11.0. The molecule has 0 saturated carbocycles. The van der Waals surface area contributed by atoms with Crippen molar-refractivity contribution >= 4 is 33.1 Å². The lowest BCUT2D eigenvalue weighted by atomic mass is 10.2. The van der Waals surface area contributed by atoms with Crippen LogP contribution in [0.15, 0.2) is 47.4 Å². The fourth-order valence-electron chi connectivity index (χ4n) is 1.93. The molecule has 0 bridgehead atoms. The largest absolute Gasteiger partial charge is 0.452 e. The first kappa shape index (κ1) is 18.4. The Bertz CT molecular complexity index is 928. The van der Waals surface area contributed by atoms with Gasteiger partial charge in [-0.25, -0.2) is 17.6 Å². The minimum absolute atomic E-state index is 0.0429. The van der Waals surface area contributed by atoms with Crippen LogP contribution in [-0.2, 0) is 19.4 Å². The summed E-state index contributed by atoms with van der Waals surface area (Å²) in [5.41, 5.74) is 5.59. The van der Waals surface area contributed by atoms with Crippen LogP contribution in [0, 0.1) is 5.82 Å². The van der Waals surface area contributed by atoms with E-state index in [0.717, 1.165) is 24.5 Å². The van der Waals surface area contributed by atoms with Gasteiger partial charge in [0.15, 0.2) is 16.4 Å². The SMILES string of the molecule is CS(=O)(=O)c1cccc(NC(=O)COC(=O)c2ccc(F)cc2N)c1. The number of hydrogen-bond acceptors (Lipinski definition) is 6.